The molecule has 0 bridgehead atoms. The highest BCUT2D eigenvalue weighted by Gasteiger charge is 2.25. The monoisotopic (exact) mass is 466 g/mol. The Morgan fingerprint density at radius 2 is 2.00 bits per heavy atom. The van der Waals surface area contributed by atoms with Gasteiger partial charge in [0.25, 0.3) is 0 Å². The second kappa shape index (κ2) is 9.13. The van der Waals surface area contributed by atoms with Crippen LogP contribution in [-0.4, -0.2) is 76.0 Å². The van der Waals surface area contributed by atoms with Gasteiger partial charge in [0.1, 0.15) is 0 Å². The van der Waals surface area contributed by atoms with E-state index >= 15 is 0 Å². The molecule has 9 heteroatoms. The van der Waals surface area contributed by atoms with Gasteiger partial charge in [0.15, 0.2) is 5.65 Å². The number of likely N-dealkylation sites (N-methyl/N-ethyl adjacent to an activating group) is 1. The molecule has 0 radical (unpaired) electrons. The van der Waals surface area contributed by atoms with Crippen LogP contribution in [0.4, 0.5) is 8.78 Å². The van der Waals surface area contributed by atoms with Crippen LogP contribution in [0, 0.1) is 0 Å². The van der Waals surface area contributed by atoms with Crippen LogP contribution < -0.4 is 0 Å². The zero-order valence-electron chi connectivity index (χ0n) is 19.3. The number of pyridine rings is 1. The lowest BCUT2D eigenvalue weighted by Gasteiger charge is -2.33. The third-order valence-corrected chi connectivity index (χ3v) is 6.68. The number of rotatable bonds is 6. The highest BCUT2D eigenvalue weighted by molar-refractivity contribution is 5.98. The van der Waals surface area contributed by atoms with E-state index in [1.807, 2.05) is 36.0 Å². The van der Waals surface area contributed by atoms with Crippen molar-refractivity contribution in [2.75, 3.05) is 33.7 Å². The number of hydrogen-bond donors (Lipinski definition) is 2. The number of amides is 1. The summed E-state index contributed by atoms with van der Waals surface area (Å²) in [7, 11) is 3.79. The van der Waals surface area contributed by atoms with E-state index in [1.165, 1.54) is 0 Å². The van der Waals surface area contributed by atoms with Crippen molar-refractivity contribution in [1.82, 2.24) is 30.0 Å². The van der Waals surface area contributed by atoms with Gasteiger partial charge in [0.05, 0.1) is 18.4 Å². The standard InChI is InChI=1S/C25H28F2N6O/c1-32(2)14-23(34)33-9-6-15(7-10-33)16-3-4-21-18(11-16)19(12-22(26)27)24(30-21)17-5-8-28-25-20(17)13-29-31-25/h3-5,8,11,13,15,22,30H,6-7,9-10,12,14H2,1-2H3,(H,28,29,31). The van der Waals surface area contributed by atoms with Gasteiger partial charge in [-0.05, 0) is 62.2 Å². The predicted molar refractivity (Wildman–Crippen MR) is 128 cm³/mol. The summed E-state index contributed by atoms with van der Waals surface area (Å²) in [6, 6.07) is 7.96. The Morgan fingerprint density at radius 1 is 1.21 bits per heavy atom. The van der Waals surface area contributed by atoms with Crippen LogP contribution in [-0.2, 0) is 11.2 Å². The second-order valence-electron chi connectivity index (χ2n) is 9.26. The average Bonchev–Trinajstić information content (AvgIpc) is 3.43. The van der Waals surface area contributed by atoms with Gasteiger partial charge < -0.3 is 14.8 Å². The number of H-pyrrole nitrogens is 2. The molecule has 3 aromatic heterocycles. The molecule has 34 heavy (non-hydrogen) atoms. The maximum absolute atomic E-state index is 13.7. The fraction of sp³-hybridized carbons (Fsp3) is 0.400. The van der Waals surface area contributed by atoms with E-state index in [4.69, 9.17) is 0 Å². The number of piperidine rings is 1. The van der Waals surface area contributed by atoms with Crippen molar-refractivity contribution in [3.8, 4) is 11.3 Å². The molecule has 7 nitrogen and oxygen atoms in total. The Hall–Kier alpha value is -3.33. The lowest BCUT2D eigenvalue weighted by atomic mass is 9.88. The Labute approximate surface area is 196 Å². The summed E-state index contributed by atoms with van der Waals surface area (Å²) in [4.78, 5) is 23.8. The van der Waals surface area contributed by atoms with Crippen LogP contribution in [0.3, 0.4) is 0 Å². The average molecular weight is 467 g/mol. The summed E-state index contributed by atoms with van der Waals surface area (Å²) in [6.07, 6.45) is 2.26. The van der Waals surface area contributed by atoms with E-state index in [-0.39, 0.29) is 12.3 Å². The summed E-state index contributed by atoms with van der Waals surface area (Å²) in [5, 5.41) is 8.52. The number of halogens is 2. The molecule has 1 amide bonds. The number of nitrogens with one attached hydrogen (secondary N) is 2. The molecular weight excluding hydrogens is 438 g/mol. The van der Waals surface area contributed by atoms with Crippen LogP contribution in [0.1, 0.15) is 29.9 Å². The van der Waals surface area contributed by atoms with Crippen molar-refractivity contribution in [2.24, 2.45) is 0 Å². The first-order valence-corrected chi connectivity index (χ1v) is 11.5. The molecular formula is C25H28F2N6O. The highest BCUT2D eigenvalue weighted by atomic mass is 19.3. The zero-order chi connectivity index (χ0) is 23.8. The zero-order valence-corrected chi connectivity index (χ0v) is 19.3. The lowest BCUT2D eigenvalue weighted by Crippen LogP contribution is -2.42. The molecule has 1 aliphatic rings. The number of nitrogens with zero attached hydrogens (tertiary/aromatic N) is 4. The Morgan fingerprint density at radius 3 is 2.74 bits per heavy atom. The maximum Gasteiger partial charge on any atom is 0.242 e. The SMILES string of the molecule is CN(C)CC(=O)N1CCC(c2ccc3[nH]c(-c4ccnc5[nH]ncc45)c(CC(F)F)c3c2)CC1. The van der Waals surface area contributed by atoms with Crippen LogP contribution in [0.15, 0.2) is 36.7 Å². The number of hydrogen-bond acceptors (Lipinski definition) is 4. The first-order valence-electron chi connectivity index (χ1n) is 11.5. The molecule has 1 aromatic carbocycles. The van der Waals surface area contributed by atoms with Gasteiger partial charge in [0, 0.05) is 47.6 Å². The highest BCUT2D eigenvalue weighted by Crippen LogP contribution is 2.37. The molecule has 178 valence electrons. The van der Waals surface area contributed by atoms with Crippen LogP contribution >= 0.6 is 0 Å². The van der Waals surface area contributed by atoms with Gasteiger partial charge in [-0.15, -0.1) is 0 Å². The topological polar surface area (TPSA) is 80.9 Å². The van der Waals surface area contributed by atoms with Gasteiger partial charge in [-0.2, -0.15) is 5.10 Å². The summed E-state index contributed by atoms with van der Waals surface area (Å²) in [5.41, 5.74) is 4.69. The van der Waals surface area contributed by atoms with Crippen molar-refractivity contribution >= 4 is 27.8 Å². The van der Waals surface area contributed by atoms with E-state index in [1.54, 1.807) is 12.4 Å². The van der Waals surface area contributed by atoms with Gasteiger partial charge in [0.2, 0.25) is 12.3 Å². The number of carbonyl (C=O) groups excluding carboxylic acids is 1. The number of fused-ring (bicyclic) bond motifs is 2. The fourth-order valence-corrected chi connectivity index (χ4v) is 5.02. The van der Waals surface area contributed by atoms with Crippen molar-refractivity contribution in [2.45, 2.75) is 31.6 Å². The van der Waals surface area contributed by atoms with E-state index in [2.05, 4.69) is 32.3 Å². The number of likely N-dealkylation sites (tertiary alicyclic amines) is 1. The normalized spacial score (nSPS) is 15.3. The summed E-state index contributed by atoms with van der Waals surface area (Å²) in [5.74, 6) is 0.448. The minimum absolute atomic E-state index is 0.149. The van der Waals surface area contributed by atoms with Crippen molar-refractivity contribution in [1.29, 1.82) is 0 Å². The van der Waals surface area contributed by atoms with Crippen molar-refractivity contribution < 1.29 is 13.6 Å². The minimum Gasteiger partial charge on any atom is -0.354 e. The third-order valence-electron chi connectivity index (χ3n) is 6.68. The van der Waals surface area contributed by atoms with E-state index in [9.17, 15) is 13.6 Å². The van der Waals surface area contributed by atoms with Crippen molar-refractivity contribution in [3.05, 3.63) is 47.8 Å². The molecule has 1 fully saturated rings. The smallest absolute Gasteiger partial charge is 0.242 e. The molecule has 0 atom stereocenters. The summed E-state index contributed by atoms with van der Waals surface area (Å²) < 4.78 is 27.3. The maximum atomic E-state index is 13.7. The number of carbonyl (C=O) groups is 1. The Kier molecular flexibility index (Phi) is 6.03. The Bertz CT molecular complexity index is 1320. The molecule has 1 saturated heterocycles. The quantitative estimate of drug-likeness (QED) is 0.447. The Balaban J connectivity index is 1.48. The van der Waals surface area contributed by atoms with Crippen LogP contribution in [0.2, 0.25) is 0 Å². The molecule has 0 saturated carbocycles. The van der Waals surface area contributed by atoms with Gasteiger partial charge in [-0.3, -0.25) is 9.89 Å². The van der Waals surface area contributed by atoms with Gasteiger partial charge in [-0.25, -0.2) is 13.8 Å². The van der Waals surface area contributed by atoms with E-state index in [0.717, 1.165) is 40.3 Å². The largest absolute Gasteiger partial charge is 0.354 e. The first kappa shape index (κ1) is 22.5. The molecule has 4 aromatic rings. The molecule has 0 unspecified atom stereocenters. The molecule has 5 rings (SSSR count). The predicted octanol–water partition coefficient (Wildman–Crippen LogP) is 4.18. The minimum atomic E-state index is -2.46. The summed E-state index contributed by atoms with van der Waals surface area (Å²) >= 11 is 0. The fourth-order valence-electron chi connectivity index (χ4n) is 5.02. The van der Waals surface area contributed by atoms with Gasteiger partial charge >= 0.3 is 0 Å². The third kappa shape index (κ3) is 4.27. The number of benzene rings is 1. The number of alkyl halides is 2. The first-order chi connectivity index (χ1) is 16.4. The lowest BCUT2D eigenvalue weighted by molar-refractivity contribution is -0.132. The molecule has 4 heterocycles. The van der Waals surface area contributed by atoms with Crippen molar-refractivity contribution in [3.63, 3.8) is 0 Å². The van der Waals surface area contributed by atoms with E-state index in [0.29, 0.717) is 42.5 Å². The second-order valence-corrected chi connectivity index (χ2v) is 9.26. The number of aromatic nitrogens is 4. The van der Waals surface area contributed by atoms with Crippen LogP contribution in [0.25, 0.3) is 33.2 Å². The van der Waals surface area contributed by atoms with Gasteiger partial charge in [-0.1, -0.05) is 6.07 Å². The number of aromatic amines is 2. The summed E-state index contributed by atoms with van der Waals surface area (Å²) in [6.45, 7) is 1.85. The molecule has 0 spiro atoms. The molecule has 0 aliphatic carbocycles. The molecule has 1 aliphatic heterocycles. The van der Waals surface area contributed by atoms with Crippen LogP contribution in [0.5, 0.6) is 0 Å². The van der Waals surface area contributed by atoms with E-state index < -0.39 is 6.43 Å². The molecule has 2 N–H and O–H groups in total.